The fraction of sp³-hybridized carbons (Fsp3) is 0.0909. The van der Waals surface area contributed by atoms with Crippen molar-refractivity contribution in [2.45, 2.75) is 6.92 Å². The van der Waals surface area contributed by atoms with Crippen LogP contribution in [0.2, 0.25) is 0 Å². The highest BCUT2D eigenvalue weighted by Crippen LogP contribution is 2.08. The minimum absolute atomic E-state index is 0.904. The summed E-state index contributed by atoms with van der Waals surface area (Å²) in [5.74, 6) is 0. The second kappa shape index (κ2) is 3.35. The van der Waals surface area contributed by atoms with Crippen molar-refractivity contribution in [1.82, 2.24) is 9.97 Å². The molecular formula is C11H10N2. The molecule has 0 atom stereocenters. The van der Waals surface area contributed by atoms with Crippen molar-refractivity contribution in [1.29, 1.82) is 0 Å². The summed E-state index contributed by atoms with van der Waals surface area (Å²) in [6, 6.07) is 7.86. The molecule has 0 spiro atoms. The first kappa shape index (κ1) is 7.92. The molecule has 2 aromatic rings. The van der Waals surface area contributed by atoms with Crippen LogP contribution in [0.4, 0.5) is 0 Å². The van der Waals surface area contributed by atoms with Gasteiger partial charge in [0.25, 0.3) is 0 Å². The van der Waals surface area contributed by atoms with Crippen molar-refractivity contribution >= 4 is 17.1 Å². The summed E-state index contributed by atoms with van der Waals surface area (Å²) in [6.45, 7) is 1.97. The Labute approximate surface area is 77.0 Å². The highest BCUT2D eigenvalue weighted by Gasteiger charge is 1.94. The first-order valence-corrected chi connectivity index (χ1v) is 4.24. The van der Waals surface area contributed by atoms with E-state index in [1.54, 1.807) is 6.20 Å². The quantitative estimate of drug-likeness (QED) is 0.657. The average molecular weight is 170 g/mol. The number of fused-ring (bicyclic) bond motifs is 1. The molecule has 0 radical (unpaired) electrons. The van der Waals surface area contributed by atoms with E-state index in [-0.39, 0.29) is 0 Å². The van der Waals surface area contributed by atoms with Crippen molar-refractivity contribution in [3.8, 4) is 0 Å². The van der Waals surface area contributed by atoms with Gasteiger partial charge < -0.3 is 0 Å². The lowest BCUT2D eigenvalue weighted by Gasteiger charge is -1.96. The maximum absolute atomic E-state index is 4.42. The smallest absolute Gasteiger partial charge is 0.0894 e. The van der Waals surface area contributed by atoms with Crippen LogP contribution in [0.1, 0.15) is 12.6 Å². The van der Waals surface area contributed by atoms with Crippen LogP contribution in [0.5, 0.6) is 0 Å². The summed E-state index contributed by atoms with van der Waals surface area (Å²) in [4.78, 5) is 8.70. The molecule has 0 aliphatic carbocycles. The Morgan fingerprint density at radius 1 is 1.15 bits per heavy atom. The van der Waals surface area contributed by atoms with Gasteiger partial charge in [-0.05, 0) is 25.1 Å². The number of rotatable bonds is 1. The Balaban J connectivity index is 2.62. The highest BCUT2D eigenvalue weighted by atomic mass is 14.8. The van der Waals surface area contributed by atoms with Gasteiger partial charge in [-0.25, -0.2) is 4.98 Å². The lowest BCUT2D eigenvalue weighted by molar-refractivity contribution is 1.26. The molecule has 64 valence electrons. The van der Waals surface area contributed by atoms with Crippen molar-refractivity contribution in [2.75, 3.05) is 0 Å². The molecule has 1 aromatic heterocycles. The maximum Gasteiger partial charge on any atom is 0.0894 e. The van der Waals surface area contributed by atoms with Crippen LogP contribution in [0.15, 0.2) is 36.5 Å². The zero-order chi connectivity index (χ0) is 9.10. The number of nitrogens with zero attached hydrogens (tertiary/aromatic N) is 2. The number of allylic oxidation sites excluding steroid dienone is 1. The van der Waals surface area contributed by atoms with E-state index in [4.69, 9.17) is 0 Å². The molecule has 1 heterocycles. The van der Waals surface area contributed by atoms with Gasteiger partial charge in [-0.3, -0.25) is 4.98 Å². The number of benzene rings is 1. The van der Waals surface area contributed by atoms with Gasteiger partial charge in [0.2, 0.25) is 0 Å². The molecular weight excluding hydrogens is 160 g/mol. The van der Waals surface area contributed by atoms with E-state index in [9.17, 15) is 0 Å². The van der Waals surface area contributed by atoms with E-state index in [1.165, 1.54) is 0 Å². The maximum atomic E-state index is 4.42. The van der Waals surface area contributed by atoms with Crippen LogP contribution in [0.3, 0.4) is 0 Å². The Hall–Kier alpha value is -1.70. The summed E-state index contributed by atoms with van der Waals surface area (Å²) in [7, 11) is 0. The lowest BCUT2D eigenvalue weighted by Crippen LogP contribution is -1.85. The van der Waals surface area contributed by atoms with Crippen molar-refractivity contribution < 1.29 is 0 Å². The van der Waals surface area contributed by atoms with Crippen molar-refractivity contribution in [3.63, 3.8) is 0 Å². The summed E-state index contributed by atoms with van der Waals surface area (Å²) >= 11 is 0. The highest BCUT2D eigenvalue weighted by molar-refractivity contribution is 5.74. The van der Waals surface area contributed by atoms with Crippen LogP contribution in [-0.2, 0) is 0 Å². The van der Waals surface area contributed by atoms with Crippen LogP contribution < -0.4 is 0 Å². The minimum Gasteiger partial charge on any atom is -0.252 e. The Kier molecular flexibility index (Phi) is 2.04. The number of hydrogen-bond donors (Lipinski definition) is 0. The van der Waals surface area contributed by atoms with Crippen LogP contribution in [-0.4, -0.2) is 9.97 Å². The molecule has 0 aliphatic rings. The third-order valence-corrected chi connectivity index (χ3v) is 1.80. The van der Waals surface area contributed by atoms with E-state index in [2.05, 4.69) is 9.97 Å². The molecule has 0 aliphatic heterocycles. The fourth-order valence-electron chi connectivity index (χ4n) is 1.22. The third-order valence-electron chi connectivity index (χ3n) is 1.80. The van der Waals surface area contributed by atoms with E-state index >= 15 is 0 Å². The number of para-hydroxylation sites is 2. The van der Waals surface area contributed by atoms with Gasteiger partial charge in [0.05, 0.1) is 22.9 Å². The molecule has 0 amide bonds. The van der Waals surface area contributed by atoms with Crippen molar-refractivity contribution in [2.24, 2.45) is 0 Å². The van der Waals surface area contributed by atoms with Gasteiger partial charge in [0.1, 0.15) is 0 Å². The minimum atomic E-state index is 0.904. The first-order chi connectivity index (χ1) is 6.40. The molecule has 0 unspecified atom stereocenters. The lowest BCUT2D eigenvalue weighted by atomic mass is 10.3. The van der Waals surface area contributed by atoms with E-state index in [0.29, 0.717) is 0 Å². The normalized spacial score (nSPS) is 11.2. The summed E-state index contributed by atoms with van der Waals surface area (Å²) in [6.07, 6.45) is 5.68. The van der Waals surface area contributed by atoms with Gasteiger partial charge in [0, 0.05) is 0 Å². The largest absolute Gasteiger partial charge is 0.252 e. The Morgan fingerprint density at radius 2 is 1.92 bits per heavy atom. The summed E-state index contributed by atoms with van der Waals surface area (Å²) in [5.41, 5.74) is 2.79. The first-order valence-electron chi connectivity index (χ1n) is 4.24. The summed E-state index contributed by atoms with van der Waals surface area (Å²) < 4.78 is 0. The Morgan fingerprint density at radius 3 is 2.69 bits per heavy atom. The predicted molar refractivity (Wildman–Crippen MR) is 54.2 cm³/mol. The molecule has 2 heteroatoms. The topological polar surface area (TPSA) is 25.8 Å². The molecule has 2 nitrogen and oxygen atoms in total. The molecule has 0 N–H and O–H groups in total. The van der Waals surface area contributed by atoms with E-state index in [0.717, 1.165) is 16.7 Å². The van der Waals surface area contributed by atoms with Gasteiger partial charge in [-0.1, -0.05) is 18.2 Å². The molecule has 0 bridgehead atoms. The third kappa shape index (κ3) is 1.56. The zero-order valence-corrected chi connectivity index (χ0v) is 7.44. The van der Waals surface area contributed by atoms with Gasteiger partial charge >= 0.3 is 0 Å². The summed E-state index contributed by atoms with van der Waals surface area (Å²) in [5, 5.41) is 0. The van der Waals surface area contributed by atoms with Crippen LogP contribution in [0, 0.1) is 0 Å². The molecule has 0 fully saturated rings. The number of hydrogen-bond acceptors (Lipinski definition) is 2. The van der Waals surface area contributed by atoms with E-state index < -0.39 is 0 Å². The Bertz CT molecular complexity index is 447. The molecule has 1 aromatic carbocycles. The zero-order valence-electron chi connectivity index (χ0n) is 7.44. The SMILES string of the molecule is C/C=C/c1cnc2ccccc2n1. The van der Waals surface area contributed by atoms with Gasteiger partial charge in [-0.15, -0.1) is 0 Å². The predicted octanol–water partition coefficient (Wildman–Crippen LogP) is 2.66. The van der Waals surface area contributed by atoms with Crippen LogP contribution >= 0.6 is 0 Å². The average Bonchev–Trinajstić information content (AvgIpc) is 2.18. The second-order valence-electron chi connectivity index (χ2n) is 2.78. The van der Waals surface area contributed by atoms with E-state index in [1.807, 2.05) is 43.3 Å². The molecule has 0 saturated heterocycles. The van der Waals surface area contributed by atoms with Gasteiger partial charge in [-0.2, -0.15) is 0 Å². The standard InChI is InChI=1S/C11H10N2/c1-2-5-9-8-12-10-6-3-4-7-11(10)13-9/h2-8H,1H3/b5-2+. The monoisotopic (exact) mass is 170 g/mol. The molecule has 2 rings (SSSR count). The molecule has 0 saturated carbocycles. The number of aromatic nitrogens is 2. The van der Waals surface area contributed by atoms with Gasteiger partial charge in [0.15, 0.2) is 0 Å². The second-order valence-corrected chi connectivity index (χ2v) is 2.78. The fourth-order valence-corrected chi connectivity index (χ4v) is 1.22. The molecule has 13 heavy (non-hydrogen) atoms. The van der Waals surface area contributed by atoms with Crippen LogP contribution in [0.25, 0.3) is 17.1 Å². The van der Waals surface area contributed by atoms with Crippen molar-refractivity contribution in [3.05, 3.63) is 42.2 Å².